The van der Waals surface area contributed by atoms with Gasteiger partial charge in [0.1, 0.15) is 0 Å². The van der Waals surface area contributed by atoms with Crippen molar-refractivity contribution < 1.29 is 9.53 Å². The number of rotatable bonds is 5. The van der Waals surface area contributed by atoms with Crippen molar-refractivity contribution in [2.75, 3.05) is 32.6 Å². The van der Waals surface area contributed by atoms with E-state index in [1.54, 1.807) is 18.3 Å². The van der Waals surface area contributed by atoms with Crippen LogP contribution in [0.3, 0.4) is 0 Å². The number of piperidine rings is 1. The predicted molar refractivity (Wildman–Crippen MR) is 115 cm³/mol. The Labute approximate surface area is 175 Å². The molecule has 1 aliphatic rings. The monoisotopic (exact) mass is 406 g/mol. The van der Waals surface area contributed by atoms with Gasteiger partial charge in [0.25, 0.3) is 0 Å². The van der Waals surface area contributed by atoms with E-state index in [1.165, 1.54) is 13.5 Å². The molecule has 1 fully saturated rings. The van der Waals surface area contributed by atoms with Crippen molar-refractivity contribution >= 4 is 17.6 Å². The summed E-state index contributed by atoms with van der Waals surface area (Å²) in [6, 6.07) is 7.59. The molecule has 3 aromatic rings. The van der Waals surface area contributed by atoms with Gasteiger partial charge < -0.3 is 15.0 Å². The van der Waals surface area contributed by atoms with Crippen LogP contribution in [-0.2, 0) is 4.74 Å². The van der Waals surface area contributed by atoms with Crippen LogP contribution in [0, 0.1) is 6.92 Å². The number of benzene rings is 1. The number of aromatic nitrogens is 4. The molecule has 4 rings (SSSR count). The molecule has 156 valence electrons. The molecule has 0 amide bonds. The van der Waals surface area contributed by atoms with Crippen molar-refractivity contribution in [2.45, 2.75) is 25.8 Å². The number of nitrogens with one attached hydrogen (secondary N) is 1. The molecule has 0 radical (unpaired) electrons. The second kappa shape index (κ2) is 8.62. The Balaban J connectivity index is 1.52. The average Bonchev–Trinajstić information content (AvgIpc) is 3.23. The summed E-state index contributed by atoms with van der Waals surface area (Å²) in [5.74, 6) is 0.150. The molecule has 8 nitrogen and oxygen atoms in total. The lowest BCUT2D eigenvalue weighted by Gasteiger charge is -2.29. The van der Waals surface area contributed by atoms with Gasteiger partial charge in [0, 0.05) is 24.5 Å². The molecule has 1 aliphatic heterocycles. The number of hydrogen-bond acceptors (Lipinski definition) is 7. The number of ether oxygens (including phenoxy) is 1. The van der Waals surface area contributed by atoms with Crippen molar-refractivity contribution in [3.8, 4) is 11.3 Å². The number of esters is 1. The lowest BCUT2D eigenvalue weighted by atomic mass is 10.1. The summed E-state index contributed by atoms with van der Waals surface area (Å²) in [5.41, 5.74) is 4.04. The van der Waals surface area contributed by atoms with Gasteiger partial charge in [-0.05, 0) is 51.1 Å². The maximum atomic E-state index is 11.7. The number of hydrogen-bond donors (Lipinski definition) is 1. The summed E-state index contributed by atoms with van der Waals surface area (Å²) < 4.78 is 6.78. The lowest BCUT2D eigenvalue weighted by Crippen LogP contribution is -2.33. The number of nitrogens with zero attached hydrogens (tertiary/aromatic N) is 5. The van der Waals surface area contributed by atoms with Gasteiger partial charge >= 0.3 is 5.97 Å². The minimum absolute atomic E-state index is 0.357. The minimum Gasteiger partial charge on any atom is -0.465 e. The van der Waals surface area contributed by atoms with Crippen molar-refractivity contribution in [2.24, 2.45) is 0 Å². The highest BCUT2D eigenvalue weighted by molar-refractivity contribution is 5.89. The van der Waals surface area contributed by atoms with Gasteiger partial charge in [0.05, 0.1) is 36.3 Å². The van der Waals surface area contributed by atoms with Crippen molar-refractivity contribution in [3.05, 3.63) is 54.0 Å². The van der Waals surface area contributed by atoms with Gasteiger partial charge in [0.2, 0.25) is 5.95 Å². The van der Waals surface area contributed by atoms with Gasteiger partial charge in [0.15, 0.2) is 0 Å². The quantitative estimate of drug-likeness (QED) is 0.650. The second-order valence-electron chi connectivity index (χ2n) is 7.69. The molecule has 0 bridgehead atoms. The van der Waals surface area contributed by atoms with Crippen LogP contribution in [0.4, 0.5) is 11.6 Å². The van der Waals surface area contributed by atoms with E-state index in [1.807, 2.05) is 36.1 Å². The predicted octanol–water partition coefficient (Wildman–Crippen LogP) is 3.45. The summed E-state index contributed by atoms with van der Waals surface area (Å²) in [7, 11) is 3.52. The van der Waals surface area contributed by atoms with Crippen LogP contribution in [0.1, 0.15) is 34.8 Å². The highest BCUT2D eigenvalue weighted by atomic mass is 16.5. The number of likely N-dealkylation sites (N-methyl/N-ethyl adjacent to an activating group) is 1. The Morgan fingerprint density at radius 2 is 2.03 bits per heavy atom. The molecule has 0 aliphatic carbocycles. The SMILES string of the molecule is COC(=O)c1ccc(-c2nc(Nc3cnn(C4CCCN(C)C4)c3)ncc2C)cc1. The highest BCUT2D eigenvalue weighted by Gasteiger charge is 2.19. The van der Waals surface area contributed by atoms with Crippen LogP contribution in [0.15, 0.2) is 42.9 Å². The van der Waals surface area contributed by atoms with Gasteiger partial charge in [-0.2, -0.15) is 5.10 Å². The van der Waals surface area contributed by atoms with E-state index in [4.69, 9.17) is 4.74 Å². The van der Waals surface area contributed by atoms with E-state index >= 15 is 0 Å². The molecule has 1 unspecified atom stereocenters. The van der Waals surface area contributed by atoms with E-state index in [-0.39, 0.29) is 5.97 Å². The van der Waals surface area contributed by atoms with E-state index in [0.29, 0.717) is 17.6 Å². The first-order valence-electron chi connectivity index (χ1n) is 10.1. The number of carbonyl (C=O) groups excluding carboxylic acids is 1. The van der Waals surface area contributed by atoms with Crippen molar-refractivity contribution in [1.29, 1.82) is 0 Å². The molecule has 1 N–H and O–H groups in total. The topological polar surface area (TPSA) is 85.2 Å². The average molecular weight is 406 g/mol. The molecule has 2 aromatic heterocycles. The van der Waals surface area contributed by atoms with Gasteiger partial charge in [-0.1, -0.05) is 12.1 Å². The smallest absolute Gasteiger partial charge is 0.337 e. The summed E-state index contributed by atoms with van der Waals surface area (Å²) in [6.45, 7) is 4.11. The van der Waals surface area contributed by atoms with Crippen LogP contribution in [0.5, 0.6) is 0 Å². The van der Waals surface area contributed by atoms with Crippen molar-refractivity contribution in [1.82, 2.24) is 24.6 Å². The van der Waals surface area contributed by atoms with Crippen LogP contribution < -0.4 is 5.32 Å². The summed E-state index contributed by atoms with van der Waals surface area (Å²) in [5, 5.41) is 7.79. The Kier molecular flexibility index (Phi) is 5.76. The molecule has 0 spiro atoms. The Morgan fingerprint density at radius 1 is 1.23 bits per heavy atom. The van der Waals surface area contributed by atoms with Crippen LogP contribution >= 0.6 is 0 Å². The normalized spacial score (nSPS) is 17.0. The molecule has 0 saturated carbocycles. The Morgan fingerprint density at radius 3 is 2.77 bits per heavy atom. The van der Waals surface area contributed by atoms with E-state index < -0.39 is 0 Å². The third-order valence-electron chi connectivity index (χ3n) is 5.38. The lowest BCUT2D eigenvalue weighted by molar-refractivity contribution is 0.0601. The zero-order chi connectivity index (χ0) is 21.1. The highest BCUT2D eigenvalue weighted by Crippen LogP contribution is 2.25. The van der Waals surface area contributed by atoms with Crippen LogP contribution in [0.2, 0.25) is 0 Å². The number of methoxy groups -OCH3 is 1. The van der Waals surface area contributed by atoms with E-state index in [2.05, 4.69) is 32.3 Å². The number of anilines is 2. The molecule has 1 atom stereocenters. The Hall–Kier alpha value is -3.26. The molecular weight excluding hydrogens is 380 g/mol. The first kappa shape index (κ1) is 20.0. The maximum absolute atomic E-state index is 11.7. The Bertz CT molecular complexity index is 1030. The summed E-state index contributed by atoms with van der Waals surface area (Å²) in [6.07, 6.45) is 7.93. The third kappa shape index (κ3) is 4.33. The van der Waals surface area contributed by atoms with Crippen molar-refractivity contribution in [3.63, 3.8) is 0 Å². The van der Waals surface area contributed by atoms with Gasteiger partial charge in [-0.25, -0.2) is 14.8 Å². The maximum Gasteiger partial charge on any atom is 0.337 e. The number of likely N-dealkylation sites (tertiary alicyclic amines) is 1. The van der Waals surface area contributed by atoms with Crippen LogP contribution in [-0.4, -0.2) is 57.9 Å². The fourth-order valence-corrected chi connectivity index (χ4v) is 3.76. The third-order valence-corrected chi connectivity index (χ3v) is 5.38. The zero-order valence-electron chi connectivity index (χ0n) is 17.5. The molecule has 1 saturated heterocycles. The molecular formula is C22H26N6O2. The molecule has 1 aromatic carbocycles. The summed E-state index contributed by atoms with van der Waals surface area (Å²) in [4.78, 5) is 23.1. The number of aryl methyl sites for hydroxylation is 1. The zero-order valence-corrected chi connectivity index (χ0v) is 17.5. The first-order chi connectivity index (χ1) is 14.5. The van der Waals surface area contributed by atoms with Crippen LogP contribution in [0.25, 0.3) is 11.3 Å². The molecule has 8 heteroatoms. The standard InChI is InChI=1S/C22H26N6O2/c1-15-11-23-22(26-20(15)16-6-8-17(9-7-16)21(29)30-3)25-18-12-24-28(13-18)19-5-4-10-27(2)14-19/h6-9,11-13,19H,4-5,10,14H2,1-3H3,(H,23,25,26). The van der Waals surface area contributed by atoms with Gasteiger partial charge in [-0.3, -0.25) is 4.68 Å². The fourth-order valence-electron chi connectivity index (χ4n) is 3.76. The first-order valence-corrected chi connectivity index (χ1v) is 10.1. The van der Waals surface area contributed by atoms with Gasteiger partial charge in [-0.15, -0.1) is 0 Å². The molecule has 30 heavy (non-hydrogen) atoms. The minimum atomic E-state index is -0.357. The molecule has 3 heterocycles. The largest absolute Gasteiger partial charge is 0.465 e. The second-order valence-corrected chi connectivity index (χ2v) is 7.69. The van der Waals surface area contributed by atoms with E-state index in [0.717, 1.165) is 42.0 Å². The fraction of sp³-hybridized carbons (Fsp3) is 0.364. The number of carbonyl (C=O) groups is 1. The summed E-state index contributed by atoms with van der Waals surface area (Å²) >= 11 is 0. The van der Waals surface area contributed by atoms with E-state index in [9.17, 15) is 4.79 Å².